The number of hydrogen-bond acceptors (Lipinski definition) is 6. The number of carbonyl (C=O) groups is 2. The molecule has 1 aromatic heterocycles. The van der Waals surface area contributed by atoms with E-state index in [1.165, 1.54) is 17.6 Å². The number of amides is 1. The number of nitrogens with one attached hydrogen (secondary N) is 1. The summed E-state index contributed by atoms with van der Waals surface area (Å²) in [5, 5.41) is 5.71. The first-order valence-corrected chi connectivity index (χ1v) is 9.36. The van der Waals surface area contributed by atoms with Crippen LogP contribution in [0.5, 0.6) is 11.5 Å². The van der Waals surface area contributed by atoms with E-state index >= 15 is 0 Å². The Hall–Kier alpha value is -3.45. The summed E-state index contributed by atoms with van der Waals surface area (Å²) < 4.78 is 10.7. The zero-order valence-corrected chi connectivity index (χ0v) is 15.9. The number of nitrogens with zero attached hydrogens (tertiary/aromatic N) is 1. The third kappa shape index (κ3) is 5.52. The highest BCUT2D eigenvalue weighted by Crippen LogP contribution is 2.17. The second-order valence-electron chi connectivity index (χ2n) is 5.78. The summed E-state index contributed by atoms with van der Waals surface area (Å²) in [4.78, 5) is 24.2. The third-order valence-electron chi connectivity index (χ3n) is 3.67. The minimum Gasteiger partial charge on any atom is -0.483 e. The molecular weight excluding hydrogens is 376 g/mol. The topological polar surface area (TPSA) is 77.0 Å². The van der Waals surface area contributed by atoms with Gasteiger partial charge in [0.1, 0.15) is 16.4 Å². The van der Waals surface area contributed by atoms with Gasteiger partial charge >= 0.3 is 5.97 Å². The van der Waals surface area contributed by atoms with E-state index in [9.17, 15) is 9.59 Å². The van der Waals surface area contributed by atoms with Crippen molar-refractivity contribution in [2.75, 3.05) is 6.61 Å². The molecule has 0 fully saturated rings. The quantitative estimate of drug-likeness (QED) is 0.286. The maximum Gasteiger partial charge on any atom is 0.353 e. The molecule has 0 saturated carbocycles. The molecule has 0 spiro atoms. The van der Waals surface area contributed by atoms with E-state index in [4.69, 9.17) is 9.47 Å². The van der Waals surface area contributed by atoms with Gasteiger partial charge in [0.15, 0.2) is 6.61 Å². The summed E-state index contributed by atoms with van der Waals surface area (Å²) in [6.07, 6.45) is 1.50. The number of hydrazone groups is 1. The average Bonchev–Trinajstić information content (AvgIpc) is 3.24. The molecule has 28 heavy (non-hydrogen) atoms. The standard InChI is InChI=1S/C21H18N2O4S/c1-15-5-2-3-6-18(15)26-14-20(24)23-22-13-16-8-10-17(11-9-16)27-21(25)19-7-4-12-28-19/h2-13H,14H2,1H3,(H,23,24)/b22-13-. The molecule has 0 radical (unpaired) electrons. The molecule has 2 aromatic carbocycles. The smallest absolute Gasteiger partial charge is 0.353 e. The van der Waals surface area contributed by atoms with Crippen molar-refractivity contribution in [1.82, 2.24) is 5.43 Å². The van der Waals surface area contributed by atoms with Crippen LogP contribution in [-0.4, -0.2) is 24.7 Å². The Balaban J connectivity index is 1.46. The van der Waals surface area contributed by atoms with Crippen LogP contribution >= 0.6 is 11.3 Å². The summed E-state index contributed by atoms with van der Waals surface area (Å²) in [6.45, 7) is 1.78. The lowest BCUT2D eigenvalue weighted by atomic mass is 10.2. The number of benzene rings is 2. The molecule has 1 heterocycles. The monoisotopic (exact) mass is 394 g/mol. The van der Waals surface area contributed by atoms with Gasteiger partial charge in [-0.25, -0.2) is 10.2 Å². The van der Waals surface area contributed by atoms with Gasteiger partial charge in [-0.15, -0.1) is 11.3 Å². The number of aryl methyl sites for hydroxylation is 1. The fourth-order valence-electron chi connectivity index (χ4n) is 2.25. The van der Waals surface area contributed by atoms with Crippen LogP contribution in [0.4, 0.5) is 0 Å². The van der Waals surface area contributed by atoms with E-state index in [1.807, 2.05) is 30.5 Å². The van der Waals surface area contributed by atoms with Crippen molar-refractivity contribution in [2.45, 2.75) is 6.92 Å². The fourth-order valence-corrected chi connectivity index (χ4v) is 2.85. The summed E-state index contributed by atoms with van der Waals surface area (Å²) in [5.41, 5.74) is 4.11. The molecule has 142 valence electrons. The Morgan fingerprint density at radius 1 is 1.07 bits per heavy atom. The highest BCUT2D eigenvalue weighted by atomic mass is 32.1. The van der Waals surface area contributed by atoms with Crippen LogP contribution in [0.15, 0.2) is 71.1 Å². The number of ether oxygens (including phenoxy) is 2. The van der Waals surface area contributed by atoms with Crippen molar-refractivity contribution in [3.63, 3.8) is 0 Å². The van der Waals surface area contributed by atoms with Gasteiger partial charge in [0.2, 0.25) is 0 Å². The minimum atomic E-state index is -0.391. The molecule has 1 N–H and O–H groups in total. The lowest BCUT2D eigenvalue weighted by Gasteiger charge is -2.07. The van der Waals surface area contributed by atoms with Crippen LogP contribution in [0.1, 0.15) is 20.8 Å². The largest absolute Gasteiger partial charge is 0.483 e. The van der Waals surface area contributed by atoms with E-state index in [2.05, 4.69) is 10.5 Å². The number of hydrogen-bond donors (Lipinski definition) is 1. The zero-order valence-electron chi connectivity index (χ0n) is 15.1. The molecule has 0 unspecified atom stereocenters. The van der Waals surface area contributed by atoms with Gasteiger partial charge in [-0.2, -0.15) is 5.10 Å². The van der Waals surface area contributed by atoms with E-state index in [0.29, 0.717) is 16.4 Å². The molecule has 3 rings (SSSR count). The van der Waals surface area contributed by atoms with Crippen molar-refractivity contribution in [3.05, 3.63) is 82.0 Å². The van der Waals surface area contributed by atoms with Crippen molar-refractivity contribution in [1.29, 1.82) is 0 Å². The molecule has 0 aliphatic heterocycles. The van der Waals surface area contributed by atoms with E-state index in [-0.39, 0.29) is 12.5 Å². The first kappa shape index (κ1) is 19.3. The number of carbonyl (C=O) groups excluding carboxylic acids is 2. The molecule has 1 amide bonds. The van der Waals surface area contributed by atoms with Crippen LogP contribution in [0, 0.1) is 6.92 Å². The average molecular weight is 394 g/mol. The molecule has 0 aliphatic carbocycles. The first-order valence-electron chi connectivity index (χ1n) is 8.48. The Bertz CT molecular complexity index is 966. The summed E-state index contributed by atoms with van der Waals surface area (Å²) in [6, 6.07) is 17.8. The van der Waals surface area contributed by atoms with Crippen molar-refractivity contribution < 1.29 is 19.1 Å². The number of para-hydroxylation sites is 1. The second-order valence-corrected chi connectivity index (χ2v) is 6.73. The summed E-state index contributed by atoms with van der Waals surface area (Å²) >= 11 is 1.32. The summed E-state index contributed by atoms with van der Waals surface area (Å²) in [5.74, 6) is 0.346. The Morgan fingerprint density at radius 2 is 1.86 bits per heavy atom. The van der Waals surface area contributed by atoms with Gasteiger partial charge in [0.05, 0.1) is 6.21 Å². The second kappa shape index (κ2) is 9.48. The van der Waals surface area contributed by atoms with Crippen LogP contribution in [0.25, 0.3) is 0 Å². The number of thiophene rings is 1. The lowest BCUT2D eigenvalue weighted by molar-refractivity contribution is -0.123. The van der Waals surface area contributed by atoms with Gasteiger partial charge < -0.3 is 9.47 Å². The first-order chi connectivity index (χ1) is 13.6. The van der Waals surface area contributed by atoms with E-state index in [0.717, 1.165) is 11.1 Å². The van der Waals surface area contributed by atoms with Gasteiger partial charge in [0, 0.05) is 0 Å². The van der Waals surface area contributed by atoms with Crippen molar-refractivity contribution in [2.24, 2.45) is 5.10 Å². The maximum atomic E-state index is 11.9. The number of rotatable bonds is 7. The third-order valence-corrected chi connectivity index (χ3v) is 4.52. The number of esters is 1. The Kier molecular flexibility index (Phi) is 6.54. The molecule has 0 bridgehead atoms. The van der Waals surface area contributed by atoms with Gasteiger partial charge in [0.25, 0.3) is 5.91 Å². The van der Waals surface area contributed by atoms with Crippen molar-refractivity contribution >= 4 is 29.4 Å². The van der Waals surface area contributed by atoms with E-state index < -0.39 is 5.97 Å². The minimum absolute atomic E-state index is 0.125. The Morgan fingerprint density at radius 3 is 2.57 bits per heavy atom. The predicted molar refractivity (Wildman–Crippen MR) is 108 cm³/mol. The molecular formula is C21H18N2O4S. The normalized spacial score (nSPS) is 10.6. The van der Waals surface area contributed by atoms with Crippen LogP contribution < -0.4 is 14.9 Å². The molecule has 0 saturated heterocycles. The molecule has 7 heteroatoms. The highest BCUT2D eigenvalue weighted by Gasteiger charge is 2.09. The van der Waals surface area contributed by atoms with Crippen molar-refractivity contribution in [3.8, 4) is 11.5 Å². The van der Waals surface area contributed by atoms with Crippen LogP contribution in [0.2, 0.25) is 0 Å². The van der Waals surface area contributed by atoms with Gasteiger partial charge in [-0.1, -0.05) is 24.3 Å². The van der Waals surface area contributed by atoms with Crippen LogP contribution in [-0.2, 0) is 4.79 Å². The zero-order chi connectivity index (χ0) is 19.8. The molecule has 3 aromatic rings. The summed E-state index contributed by atoms with van der Waals surface area (Å²) in [7, 11) is 0. The molecule has 0 aliphatic rings. The predicted octanol–water partition coefficient (Wildman–Crippen LogP) is 3.80. The van der Waals surface area contributed by atoms with Gasteiger partial charge in [-0.3, -0.25) is 4.79 Å². The SMILES string of the molecule is Cc1ccccc1OCC(=O)N/N=C\c1ccc(OC(=O)c2cccs2)cc1. The van der Waals surface area contributed by atoms with Crippen LogP contribution in [0.3, 0.4) is 0 Å². The highest BCUT2D eigenvalue weighted by molar-refractivity contribution is 7.12. The molecule has 0 atom stereocenters. The lowest BCUT2D eigenvalue weighted by Crippen LogP contribution is -2.24. The van der Waals surface area contributed by atoms with Gasteiger partial charge in [-0.05, 0) is 59.8 Å². The molecule has 6 nitrogen and oxygen atoms in total. The van der Waals surface area contributed by atoms with E-state index in [1.54, 1.807) is 42.5 Å². The Labute approximate surface area is 166 Å². The fraction of sp³-hybridized carbons (Fsp3) is 0.0952. The maximum absolute atomic E-state index is 11.9.